The van der Waals surface area contributed by atoms with Crippen LogP contribution in [0.2, 0.25) is 0 Å². The summed E-state index contributed by atoms with van der Waals surface area (Å²) in [4.78, 5) is 14.7. The lowest BCUT2D eigenvalue weighted by Gasteiger charge is -2.28. The van der Waals surface area contributed by atoms with Crippen LogP contribution in [0, 0.1) is 5.82 Å². The van der Waals surface area contributed by atoms with Gasteiger partial charge in [0.15, 0.2) is 5.82 Å². The molecule has 0 saturated carbocycles. The zero-order valence-corrected chi connectivity index (χ0v) is 13.0. The van der Waals surface area contributed by atoms with Crippen molar-refractivity contribution in [3.63, 3.8) is 0 Å². The molecule has 5 heteroatoms. The molecule has 2 aromatic carbocycles. The van der Waals surface area contributed by atoms with Gasteiger partial charge in [-0.15, -0.1) is 0 Å². The third kappa shape index (κ3) is 3.12. The van der Waals surface area contributed by atoms with Gasteiger partial charge in [-0.25, -0.2) is 19.4 Å². The van der Waals surface area contributed by atoms with Crippen LogP contribution >= 0.6 is 0 Å². The Labute approximate surface area is 139 Å². The molecule has 120 valence electrons. The third-order valence-electron chi connectivity index (χ3n) is 4.03. The van der Waals surface area contributed by atoms with Crippen LogP contribution in [0.25, 0.3) is 0 Å². The normalized spacial score (nSPS) is 13.6. The lowest BCUT2D eigenvalue weighted by molar-refractivity contribution is 0.0761. The Morgan fingerprint density at radius 2 is 1.79 bits per heavy atom. The number of hydrogen-bond donors (Lipinski definition) is 0. The van der Waals surface area contributed by atoms with Crippen LogP contribution in [0.3, 0.4) is 0 Å². The standard InChI is InChI=1S/C19H16FN3O/c20-17-7-5-14(6-8-17)11-18-21-10-9-19(22-18)23-12-15-3-1-2-4-16(15)13-24-23/h1-10H,11-13H2. The van der Waals surface area contributed by atoms with Gasteiger partial charge in [-0.2, -0.15) is 0 Å². The van der Waals surface area contributed by atoms with Crippen LogP contribution in [-0.4, -0.2) is 9.97 Å². The number of rotatable bonds is 3. The molecule has 0 saturated heterocycles. The number of benzene rings is 2. The highest BCUT2D eigenvalue weighted by atomic mass is 19.1. The summed E-state index contributed by atoms with van der Waals surface area (Å²) in [6.07, 6.45) is 2.28. The van der Waals surface area contributed by atoms with Crippen LogP contribution in [-0.2, 0) is 24.4 Å². The molecule has 0 unspecified atom stereocenters. The van der Waals surface area contributed by atoms with Gasteiger partial charge in [-0.05, 0) is 28.8 Å². The molecule has 1 aliphatic rings. The molecule has 0 fully saturated rings. The van der Waals surface area contributed by atoms with Crippen molar-refractivity contribution in [3.8, 4) is 0 Å². The molecule has 24 heavy (non-hydrogen) atoms. The van der Waals surface area contributed by atoms with Gasteiger partial charge in [0.1, 0.15) is 18.2 Å². The Morgan fingerprint density at radius 1 is 1.00 bits per heavy atom. The molecule has 0 bridgehead atoms. The molecule has 2 heterocycles. The first-order valence-electron chi connectivity index (χ1n) is 7.81. The van der Waals surface area contributed by atoms with Gasteiger partial charge in [0.05, 0.1) is 6.54 Å². The Bertz CT molecular complexity index is 851. The lowest BCUT2D eigenvalue weighted by atomic mass is 10.1. The lowest BCUT2D eigenvalue weighted by Crippen LogP contribution is -2.29. The van der Waals surface area contributed by atoms with E-state index in [0.29, 0.717) is 25.4 Å². The number of fused-ring (bicyclic) bond motifs is 1. The van der Waals surface area contributed by atoms with E-state index in [1.54, 1.807) is 23.4 Å². The first kappa shape index (κ1) is 14.8. The fourth-order valence-corrected chi connectivity index (χ4v) is 2.74. The maximum absolute atomic E-state index is 13.0. The van der Waals surface area contributed by atoms with Crippen molar-refractivity contribution in [2.75, 3.05) is 5.06 Å². The molecule has 0 radical (unpaired) electrons. The minimum absolute atomic E-state index is 0.242. The van der Waals surface area contributed by atoms with E-state index in [2.05, 4.69) is 22.1 Å². The number of hydrogen-bond acceptors (Lipinski definition) is 4. The van der Waals surface area contributed by atoms with E-state index in [4.69, 9.17) is 4.84 Å². The highest BCUT2D eigenvalue weighted by molar-refractivity contribution is 5.40. The number of aromatic nitrogens is 2. The second-order valence-corrected chi connectivity index (χ2v) is 5.71. The average molecular weight is 321 g/mol. The molecular formula is C19H16FN3O. The molecule has 0 atom stereocenters. The Balaban J connectivity index is 1.54. The fourth-order valence-electron chi connectivity index (χ4n) is 2.74. The summed E-state index contributed by atoms with van der Waals surface area (Å²) in [5.74, 6) is 1.17. The quantitative estimate of drug-likeness (QED) is 0.738. The maximum atomic E-state index is 13.0. The second kappa shape index (κ2) is 6.37. The van der Waals surface area contributed by atoms with Gasteiger partial charge < -0.3 is 0 Å². The summed E-state index contributed by atoms with van der Waals surface area (Å²) < 4.78 is 13.0. The van der Waals surface area contributed by atoms with Crippen LogP contribution < -0.4 is 5.06 Å². The first-order chi connectivity index (χ1) is 11.8. The SMILES string of the molecule is Fc1ccc(Cc2nccc(N3Cc4ccccc4CO3)n2)cc1. The van der Waals surface area contributed by atoms with Gasteiger partial charge in [0, 0.05) is 18.7 Å². The molecule has 0 spiro atoms. The van der Waals surface area contributed by atoms with E-state index in [1.807, 2.05) is 18.2 Å². The van der Waals surface area contributed by atoms with Crippen molar-refractivity contribution in [3.05, 3.63) is 89.1 Å². The summed E-state index contributed by atoms with van der Waals surface area (Å²) in [7, 11) is 0. The van der Waals surface area contributed by atoms with Crippen LogP contribution in [0.15, 0.2) is 60.8 Å². The van der Waals surface area contributed by atoms with E-state index in [-0.39, 0.29) is 5.82 Å². The van der Waals surface area contributed by atoms with Gasteiger partial charge >= 0.3 is 0 Å². The summed E-state index contributed by atoms with van der Waals surface area (Å²) >= 11 is 0. The molecule has 0 N–H and O–H groups in total. The van der Waals surface area contributed by atoms with Crippen molar-refractivity contribution in [2.45, 2.75) is 19.6 Å². The monoisotopic (exact) mass is 321 g/mol. The predicted octanol–water partition coefficient (Wildman–Crippen LogP) is 3.66. The first-order valence-corrected chi connectivity index (χ1v) is 7.81. The van der Waals surface area contributed by atoms with Gasteiger partial charge in [-0.3, -0.25) is 4.84 Å². The molecular weight excluding hydrogens is 305 g/mol. The molecule has 0 amide bonds. The Kier molecular flexibility index (Phi) is 3.92. The molecule has 4 rings (SSSR count). The average Bonchev–Trinajstić information content (AvgIpc) is 2.63. The summed E-state index contributed by atoms with van der Waals surface area (Å²) in [5, 5.41) is 1.79. The molecule has 3 aromatic rings. The van der Waals surface area contributed by atoms with Crippen molar-refractivity contribution in [1.82, 2.24) is 9.97 Å². The van der Waals surface area contributed by atoms with Crippen LogP contribution in [0.1, 0.15) is 22.5 Å². The molecule has 1 aliphatic heterocycles. The van der Waals surface area contributed by atoms with Gasteiger partial charge in [0.2, 0.25) is 0 Å². The highest BCUT2D eigenvalue weighted by Crippen LogP contribution is 2.24. The van der Waals surface area contributed by atoms with Crippen molar-refractivity contribution in [1.29, 1.82) is 0 Å². The predicted molar refractivity (Wildman–Crippen MR) is 88.7 cm³/mol. The van der Waals surface area contributed by atoms with E-state index >= 15 is 0 Å². The van der Waals surface area contributed by atoms with Crippen molar-refractivity contribution < 1.29 is 9.23 Å². The Morgan fingerprint density at radius 3 is 2.62 bits per heavy atom. The topological polar surface area (TPSA) is 38.2 Å². The summed E-state index contributed by atoms with van der Waals surface area (Å²) in [6, 6.07) is 16.5. The minimum atomic E-state index is -0.242. The van der Waals surface area contributed by atoms with Gasteiger partial charge in [0.25, 0.3) is 0 Å². The third-order valence-corrected chi connectivity index (χ3v) is 4.03. The summed E-state index contributed by atoms with van der Waals surface area (Å²) in [5.41, 5.74) is 3.41. The molecule has 4 nitrogen and oxygen atoms in total. The number of hydroxylamine groups is 1. The zero-order chi connectivity index (χ0) is 16.4. The maximum Gasteiger partial charge on any atom is 0.156 e. The van der Waals surface area contributed by atoms with Crippen molar-refractivity contribution in [2.24, 2.45) is 0 Å². The highest BCUT2D eigenvalue weighted by Gasteiger charge is 2.18. The number of anilines is 1. The fraction of sp³-hybridized carbons (Fsp3) is 0.158. The molecule has 0 aliphatic carbocycles. The number of nitrogens with zero attached hydrogens (tertiary/aromatic N) is 3. The van der Waals surface area contributed by atoms with E-state index in [0.717, 1.165) is 11.4 Å². The van der Waals surface area contributed by atoms with Crippen LogP contribution in [0.4, 0.5) is 10.2 Å². The smallest absolute Gasteiger partial charge is 0.156 e. The summed E-state index contributed by atoms with van der Waals surface area (Å²) in [6.45, 7) is 1.19. The zero-order valence-electron chi connectivity index (χ0n) is 13.0. The number of halogens is 1. The molecule has 1 aromatic heterocycles. The van der Waals surface area contributed by atoms with E-state index < -0.39 is 0 Å². The van der Waals surface area contributed by atoms with E-state index in [9.17, 15) is 4.39 Å². The van der Waals surface area contributed by atoms with Crippen molar-refractivity contribution >= 4 is 5.82 Å². The largest absolute Gasteiger partial charge is 0.267 e. The van der Waals surface area contributed by atoms with Crippen LogP contribution in [0.5, 0.6) is 0 Å². The Hall–Kier alpha value is -2.79. The second-order valence-electron chi connectivity index (χ2n) is 5.71. The minimum Gasteiger partial charge on any atom is -0.267 e. The van der Waals surface area contributed by atoms with E-state index in [1.165, 1.54) is 23.3 Å². The van der Waals surface area contributed by atoms with Gasteiger partial charge in [-0.1, -0.05) is 36.4 Å².